The number of H-pyrrole nitrogens is 1. The van der Waals surface area contributed by atoms with E-state index in [4.69, 9.17) is 4.74 Å². The van der Waals surface area contributed by atoms with Crippen LogP contribution in [-0.2, 0) is 17.7 Å². The van der Waals surface area contributed by atoms with E-state index in [2.05, 4.69) is 25.5 Å². The molecule has 2 aromatic heterocycles. The number of carbonyl (C=O) groups is 1. The van der Waals surface area contributed by atoms with E-state index in [0.717, 1.165) is 16.8 Å². The highest BCUT2D eigenvalue weighted by Crippen LogP contribution is 2.29. The van der Waals surface area contributed by atoms with Gasteiger partial charge in [0.2, 0.25) is 0 Å². The maximum atomic E-state index is 12.3. The van der Waals surface area contributed by atoms with Gasteiger partial charge in [0.25, 0.3) is 5.91 Å². The number of ether oxygens (including phenoxy) is 1. The second kappa shape index (κ2) is 5.84. The zero-order valence-corrected chi connectivity index (χ0v) is 12.9. The number of amides is 1. The van der Waals surface area contributed by atoms with Gasteiger partial charge >= 0.3 is 0 Å². The lowest BCUT2D eigenvalue weighted by molar-refractivity contribution is -0.00697. The second-order valence-electron chi connectivity index (χ2n) is 5.62. The van der Waals surface area contributed by atoms with E-state index >= 15 is 0 Å². The normalized spacial score (nSPS) is 20.5. The van der Waals surface area contributed by atoms with Crippen LogP contribution < -0.4 is 5.32 Å². The number of aromatic amines is 1. The molecule has 7 heteroatoms. The van der Waals surface area contributed by atoms with Crippen molar-refractivity contribution in [2.45, 2.75) is 45.9 Å². The molecule has 116 valence electrons. The lowest BCUT2D eigenvalue weighted by Crippen LogP contribution is -2.28. The van der Waals surface area contributed by atoms with E-state index in [-0.39, 0.29) is 24.7 Å². The topological polar surface area (TPSA) is 92.8 Å². The molecule has 3 rings (SSSR count). The highest BCUT2D eigenvalue weighted by Gasteiger charge is 2.29. The van der Waals surface area contributed by atoms with E-state index in [0.29, 0.717) is 17.9 Å². The Morgan fingerprint density at radius 2 is 2.14 bits per heavy atom. The van der Waals surface area contributed by atoms with Crippen LogP contribution in [0.1, 0.15) is 53.1 Å². The lowest BCUT2D eigenvalue weighted by atomic mass is 9.99. The average Bonchev–Trinajstić information content (AvgIpc) is 2.90. The van der Waals surface area contributed by atoms with Gasteiger partial charge in [-0.15, -0.1) is 0 Å². The molecular weight excluding hydrogens is 282 g/mol. The maximum absolute atomic E-state index is 12.3. The molecular formula is C15H19N5O2. The van der Waals surface area contributed by atoms with Crippen LogP contribution in [0.25, 0.3) is 0 Å². The first kappa shape index (κ1) is 14.6. The van der Waals surface area contributed by atoms with E-state index in [1.54, 1.807) is 12.4 Å². The van der Waals surface area contributed by atoms with Gasteiger partial charge in [-0.1, -0.05) is 0 Å². The smallest absolute Gasteiger partial charge is 0.272 e. The number of hydrogen-bond donors (Lipinski definition) is 2. The summed E-state index contributed by atoms with van der Waals surface area (Å²) in [4.78, 5) is 20.7. The predicted octanol–water partition coefficient (Wildman–Crippen LogP) is 1.46. The number of hydrogen-bond acceptors (Lipinski definition) is 5. The Labute approximate surface area is 128 Å². The molecule has 0 unspecified atom stereocenters. The minimum atomic E-state index is -0.219. The molecule has 0 aromatic carbocycles. The van der Waals surface area contributed by atoms with Crippen molar-refractivity contribution in [2.24, 2.45) is 0 Å². The first-order valence-corrected chi connectivity index (χ1v) is 7.33. The van der Waals surface area contributed by atoms with Crippen molar-refractivity contribution < 1.29 is 9.53 Å². The monoisotopic (exact) mass is 301 g/mol. The number of rotatable bonds is 3. The molecule has 0 spiro atoms. The van der Waals surface area contributed by atoms with Gasteiger partial charge in [0.15, 0.2) is 5.69 Å². The Kier molecular flexibility index (Phi) is 3.89. The fourth-order valence-electron chi connectivity index (χ4n) is 2.62. The van der Waals surface area contributed by atoms with Crippen molar-refractivity contribution in [3.63, 3.8) is 0 Å². The lowest BCUT2D eigenvalue weighted by Gasteiger charge is -2.25. The van der Waals surface area contributed by atoms with Gasteiger partial charge < -0.3 is 10.1 Å². The van der Waals surface area contributed by atoms with E-state index in [1.165, 1.54) is 0 Å². The van der Waals surface area contributed by atoms with Crippen LogP contribution in [-0.4, -0.2) is 32.2 Å². The molecule has 2 aromatic rings. The Bertz CT molecular complexity index is 680. The van der Waals surface area contributed by atoms with Crippen LogP contribution in [0.15, 0.2) is 12.4 Å². The van der Waals surface area contributed by atoms with Crippen molar-refractivity contribution in [3.8, 4) is 0 Å². The van der Waals surface area contributed by atoms with Gasteiger partial charge in [0, 0.05) is 24.4 Å². The minimum Gasteiger partial charge on any atom is -0.369 e. The van der Waals surface area contributed by atoms with Crippen molar-refractivity contribution in [1.82, 2.24) is 25.5 Å². The molecule has 22 heavy (non-hydrogen) atoms. The average molecular weight is 301 g/mol. The van der Waals surface area contributed by atoms with Crippen LogP contribution in [0.2, 0.25) is 0 Å². The van der Waals surface area contributed by atoms with Gasteiger partial charge in [-0.2, -0.15) is 5.10 Å². The molecule has 1 aliphatic rings. The van der Waals surface area contributed by atoms with Crippen molar-refractivity contribution >= 4 is 5.91 Å². The van der Waals surface area contributed by atoms with Crippen molar-refractivity contribution in [1.29, 1.82) is 0 Å². The first-order chi connectivity index (χ1) is 10.5. The fourth-order valence-corrected chi connectivity index (χ4v) is 2.62. The minimum absolute atomic E-state index is 0.0757. The molecule has 2 N–H and O–H groups in total. The van der Waals surface area contributed by atoms with Gasteiger partial charge in [-0.25, -0.2) is 9.97 Å². The fraction of sp³-hybridized carbons (Fsp3) is 0.467. The Morgan fingerprint density at radius 3 is 2.86 bits per heavy atom. The SMILES string of the molecule is Cc1cnc(CNC(=O)c2n[nH]c3c2C[C@@H](C)O[C@H]3C)nc1. The number of nitrogens with zero attached hydrogens (tertiary/aromatic N) is 3. The molecule has 3 heterocycles. The zero-order chi connectivity index (χ0) is 15.7. The highest BCUT2D eigenvalue weighted by molar-refractivity contribution is 5.94. The Morgan fingerprint density at radius 1 is 1.41 bits per heavy atom. The molecule has 0 fully saturated rings. The summed E-state index contributed by atoms with van der Waals surface area (Å²) in [5.41, 5.74) is 3.24. The summed E-state index contributed by atoms with van der Waals surface area (Å²) >= 11 is 0. The quantitative estimate of drug-likeness (QED) is 0.895. The van der Waals surface area contributed by atoms with E-state index in [9.17, 15) is 4.79 Å². The summed E-state index contributed by atoms with van der Waals surface area (Å²) in [7, 11) is 0. The highest BCUT2D eigenvalue weighted by atomic mass is 16.5. The summed E-state index contributed by atoms with van der Waals surface area (Å²) in [6, 6.07) is 0. The van der Waals surface area contributed by atoms with E-state index < -0.39 is 0 Å². The summed E-state index contributed by atoms with van der Waals surface area (Å²) in [6.07, 6.45) is 4.14. The first-order valence-electron chi connectivity index (χ1n) is 7.33. The third-order valence-corrected chi connectivity index (χ3v) is 3.69. The van der Waals surface area contributed by atoms with Crippen LogP contribution in [0, 0.1) is 6.92 Å². The second-order valence-corrected chi connectivity index (χ2v) is 5.62. The molecule has 2 atom stereocenters. The molecule has 0 bridgehead atoms. The molecule has 1 aliphatic heterocycles. The summed E-state index contributed by atoms with van der Waals surface area (Å²) in [5.74, 6) is 0.358. The van der Waals surface area contributed by atoms with Crippen molar-refractivity contribution in [2.75, 3.05) is 0 Å². The van der Waals surface area contributed by atoms with Gasteiger partial charge in [-0.3, -0.25) is 9.89 Å². The number of nitrogens with one attached hydrogen (secondary N) is 2. The largest absolute Gasteiger partial charge is 0.369 e. The third-order valence-electron chi connectivity index (χ3n) is 3.69. The predicted molar refractivity (Wildman–Crippen MR) is 79.2 cm³/mol. The maximum Gasteiger partial charge on any atom is 0.272 e. The Balaban J connectivity index is 1.72. The third kappa shape index (κ3) is 2.85. The Hall–Kier alpha value is -2.28. The molecule has 0 radical (unpaired) electrons. The van der Waals surface area contributed by atoms with Gasteiger partial charge in [0.05, 0.1) is 24.4 Å². The van der Waals surface area contributed by atoms with Crippen LogP contribution in [0.3, 0.4) is 0 Å². The number of fused-ring (bicyclic) bond motifs is 1. The van der Waals surface area contributed by atoms with Crippen LogP contribution in [0.5, 0.6) is 0 Å². The number of aromatic nitrogens is 4. The van der Waals surface area contributed by atoms with Crippen molar-refractivity contribution in [3.05, 3.63) is 40.7 Å². The van der Waals surface area contributed by atoms with Gasteiger partial charge in [-0.05, 0) is 26.3 Å². The number of aryl methyl sites for hydroxylation is 1. The molecule has 1 amide bonds. The zero-order valence-electron chi connectivity index (χ0n) is 12.9. The van der Waals surface area contributed by atoms with Crippen LogP contribution >= 0.6 is 0 Å². The standard InChI is InChI=1S/C15H19N5O2/c1-8-5-16-12(17-6-8)7-18-15(21)14-11-4-9(2)22-10(3)13(11)19-20-14/h5-6,9-10H,4,7H2,1-3H3,(H,18,21)(H,19,20)/t9-,10+/m1/s1. The van der Waals surface area contributed by atoms with Gasteiger partial charge in [0.1, 0.15) is 5.82 Å². The van der Waals surface area contributed by atoms with Crippen LogP contribution in [0.4, 0.5) is 0 Å². The summed E-state index contributed by atoms with van der Waals surface area (Å²) in [6.45, 7) is 6.15. The summed E-state index contributed by atoms with van der Waals surface area (Å²) in [5, 5.41) is 9.88. The molecule has 0 aliphatic carbocycles. The number of carbonyl (C=O) groups excluding carboxylic acids is 1. The summed E-state index contributed by atoms with van der Waals surface area (Å²) < 4.78 is 5.72. The van der Waals surface area contributed by atoms with E-state index in [1.807, 2.05) is 20.8 Å². The molecule has 7 nitrogen and oxygen atoms in total. The molecule has 0 saturated heterocycles. The molecule has 0 saturated carbocycles.